The van der Waals surface area contributed by atoms with Crippen molar-refractivity contribution in [2.45, 2.75) is 25.3 Å². The fraction of sp³-hybridized carbons (Fsp3) is 0.647. The van der Waals surface area contributed by atoms with Crippen molar-refractivity contribution in [3.8, 4) is 0 Å². The van der Waals surface area contributed by atoms with Crippen molar-refractivity contribution in [2.75, 3.05) is 51.3 Å². The van der Waals surface area contributed by atoms with Crippen LogP contribution in [0.4, 0.5) is 5.69 Å². The Labute approximate surface area is 128 Å². The summed E-state index contributed by atoms with van der Waals surface area (Å²) in [4.78, 5) is 4.99. The molecule has 0 spiro atoms. The van der Waals surface area contributed by atoms with Crippen LogP contribution < -0.4 is 10.2 Å². The minimum absolute atomic E-state index is 0.133. The summed E-state index contributed by atoms with van der Waals surface area (Å²) in [5, 5.41) is 12.6. The average molecular weight is 291 g/mol. The van der Waals surface area contributed by atoms with Gasteiger partial charge in [-0.1, -0.05) is 18.2 Å². The SMILES string of the molecule is CNC(C)(CO)CCCN1CCN(c2ccccc2)CC1. The van der Waals surface area contributed by atoms with Crippen molar-refractivity contribution in [1.29, 1.82) is 0 Å². The molecule has 0 bridgehead atoms. The summed E-state index contributed by atoms with van der Waals surface area (Å²) in [6.07, 6.45) is 2.14. The van der Waals surface area contributed by atoms with E-state index in [4.69, 9.17) is 0 Å². The first-order valence-corrected chi connectivity index (χ1v) is 7.99. The van der Waals surface area contributed by atoms with E-state index in [1.165, 1.54) is 5.69 Å². The number of nitrogens with zero attached hydrogens (tertiary/aromatic N) is 2. The van der Waals surface area contributed by atoms with E-state index in [2.05, 4.69) is 52.4 Å². The molecule has 118 valence electrons. The Balaban J connectivity index is 1.70. The van der Waals surface area contributed by atoms with Gasteiger partial charge in [0.05, 0.1) is 6.61 Å². The first-order chi connectivity index (χ1) is 10.2. The summed E-state index contributed by atoms with van der Waals surface area (Å²) < 4.78 is 0. The van der Waals surface area contributed by atoms with Crippen LogP contribution in [0.1, 0.15) is 19.8 Å². The van der Waals surface area contributed by atoms with Gasteiger partial charge in [-0.15, -0.1) is 0 Å². The first kappa shape index (κ1) is 16.3. The van der Waals surface area contributed by atoms with Crippen molar-refractivity contribution < 1.29 is 5.11 Å². The molecule has 0 radical (unpaired) electrons. The Kier molecular flexibility index (Phi) is 6.03. The third-order valence-corrected chi connectivity index (χ3v) is 4.65. The second-order valence-electron chi connectivity index (χ2n) is 6.24. The number of benzene rings is 1. The van der Waals surface area contributed by atoms with E-state index in [0.717, 1.165) is 45.6 Å². The number of hydrogen-bond acceptors (Lipinski definition) is 4. The predicted octanol–water partition coefficient (Wildman–Crippen LogP) is 1.56. The number of rotatable bonds is 7. The molecule has 1 unspecified atom stereocenters. The third-order valence-electron chi connectivity index (χ3n) is 4.65. The van der Waals surface area contributed by atoms with Crippen LogP contribution in [-0.2, 0) is 0 Å². The zero-order valence-electron chi connectivity index (χ0n) is 13.4. The number of aliphatic hydroxyl groups is 1. The standard InChI is InChI=1S/C17H29N3O/c1-17(15-21,18-2)9-6-10-19-11-13-20(14-12-19)16-7-4-3-5-8-16/h3-5,7-8,18,21H,6,9-15H2,1-2H3. The van der Waals surface area contributed by atoms with Gasteiger partial charge in [-0.25, -0.2) is 0 Å². The Hall–Kier alpha value is -1.10. The normalized spacial score (nSPS) is 19.5. The molecule has 1 saturated heterocycles. The summed E-state index contributed by atoms with van der Waals surface area (Å²) in [6, 6.07) is 10.7. The lowest BCUT2D eigenvalue weighted by Gasteiger charge is -2.36. The second kappa shape index (κ2) is 7.78. The van der Waals surface area contributed by atoms with Gasteiger partial charge < -0.3 is 15.3 Å². The highest BCUT2D eigenvalue weighted by atomic mass is 16.3. The van der Waals surface area contributed by atoms with Crippen LogP contribution in [0, 0.1) is 0 Å². The van der Waals surface area contributed by atoms with E-state index in [9.17, 15) is 5.11 Å². The highest BCUT2D eigenvalue weighted by molar-refractivity contribution is 5.46. The van der Waals surface area contributed by atoms with Gasteiger partial charge >= 0.3 is 0 Å². The zero-order chi connectivity index (χ0) is 15.1. The van der Waals surface area contributed by atoms with E-state index in [0.29, 0.717) is 0 Å². The summed E-state index contributed by atoms with van der Waals surface area (Å²) in [5.41, 5.74) is 1.20. The van der Waals surface area contributed by atoms with Gasteiger partial charge in [0.1, 0.15) is 0 Å². The van der Waals surface area contributed by atoms with Gasteiger partial charge in [-0.05, 0) is 45.5 Å². The Morgan fingerprint density at radius 3 is 2.38 bits per heavy atom. The second-order valence-corrected chi connectivity index (χ2v) is 6.24. The Morgan fingerprint density at radius 2 is 1.81 bits per heavy atom. The molecule has 0 amide bonds. The topological polar surface area (TPSA) is 38.7 Å². The lowest BCUT2D eigenvalue weighted by molar-refractivity contribution is 0.162. The minimum atomic E-state index is -0.133. The molecule has 0 aliphatic carbocycles. The number of piperazine rings is 1. The van der Waals surface area contributed by atoms with Crippen LogP contribution in [0.2, 0.25) is 0 Å². The number of nitrogens with one attached hydrogen (secondary N) is 1. The van der Waals surface area contributed by atoms with Crippen LogP contribution in [0.25, 0.3) is 0 Å². The summed E-state index contributed by atoms with van der Waals surface area (Å²) in [5.74, 6) is 0. The quantitative estimate of drug-likeness (QED) is 0.800. The van der Waals surface area contributed by atoms with Gasteiger partial charge in [0.2, 0.25) is 0 Å². The number of para-hydroxylation sites is 1. The maximum atomic E-state index is 9.40. The molecule has 1 atom stereocenters. The molecule has 21 heavy (non-hydrogen) atoms. The average Bonchev–Trinajstić information content (AvgIpc) is 2.56. The minimum Gasteiger partial charge on any atom is -0.394 e. The Bertz CT molecular complexity index is 398. The largest absolute Gasteiger partial charge is 0.394 e. The fourth-order valence-corrected chi connectivity index (χ4v) is 2.84. The number of anilines is 1. The van der Waals surface area contributed by atoms with Crippen molar-refractivity contribution in [3.05, 3.63) is 30.3 Å². The van der Waals surface area contributed by atoms with Gasteiger partial charge in [-0.2, -0.15) is 0 Å². The molecule has 0 aromatic heterocycles. The molecule has 1 aliphatic heterocycles. The molecule has 0 saturated carbocycles. The molecule has 1 aliphatic rings. The number of aliphatic hydroxyl groups excluding tert-OH is 1. The van der Waals surface area contributed by atoms with Crippen molar-refractivity contribution in [1.82, 2.24) is 10.2 Å². The molecule has 4 nitrogen and oxygen atoms in total. The molecule has 1 heterocycles. The Morgan fingerprint density at radius 1 is 1.14 bits per heavy atom. The van der Waals surface area contributed by atoms with E-state index in [1.54, 1.807) is 0 Å². The first-order valence-electron chi connectivity index (χ1n) is 7.99. The maximum Gasteiger partial charge on any atom is 0.0610 e. The van der Waals surface area contributed by atoms with Crippen molar-refractivity contribution in [2.24, 2.45) is 0 Å². The van der Waals surface area contributed by atoms with Crippen molar-refractivity contribution >= 4 is 5.69 Å². The van der Waals surface area contributed by atoms with E-state index >= 15 is 0 Å². The van der Waals surface area contributed by atoms with Crippen LogP contribution >= 0.6 is 0 Å². The highest BCUT2D eigenvalue weighted by Crippen LogP contribution is 2.16. The molecule has 1 aromatic rings. The number of likely N-dealkylation sites (N-methyl/N-ethyl adjacent to an activating group) is 1. The van der Waals surface area contributed by atoms with Crippen LogP contribution in [0.15, 0.2) is 30.3 Å². The smallest absolute Gasteiger partial charge is 0.0610 e. The molecular formula is C17H29N3O. The molecule has 2 N–H and O–H groups in total. The zero-order valence-corrected chi connectivity index (χ0v) is 13.4. The summed E-state index contributed by atoms with van der Waals surface area (Å²) >= 11 is 0. The van der Waals surface area contributed by atoms with Gasteiger partial charge in [0, 0.05) is 37.4 Å². The van der Waals surface area contributed by atoms with Gasteiger partial charge in [-0.3, -0.25) is 4.90 Å². The van der Waals surface area contributed by atoms with Crippen LogP contribution in [-0.4, -0.2) is 61.9 Å². The molecule has 4 heteroatoms. The lowest BCUT2D eigenvalue weighted by atomic mass is 9.97. The maximum absolute atomic E-state index is 9.40. The monoisotopic (exact) mass is 291 g/mol. The van der Waals surface area contributed by atoms with Crippen LogP contribution in [0.5, 0.6) is 0 Å². The number of hydrogen-bond donors (Lipinski definition) is 2. The molecule has 1 fully saturated rings. The van der Waals surface area contributed by atoms with E-state index < -0.39 is 0 Å². The highest BCUT2D eigenvalue weighted by Gasteiger charge is 2.21. The van der Waals surface area contributed by atoms with Crippen LogP contribution in [0.3, 0.4) is 0 Å². The van der Waals surface area contributed by atoms with E-state index in [1.807, 2.05) is 7.05 Å². The van der Waals surface area contributed by atoms with Gasteiger partial charge in [0.15, 0.2) is 0 Å². The molecule has 1 aromatic carbocycles. The summed E-state index contributed by atoms with van der Waals surface area (Å²) in [6.45, 7) is 7.88. The molecular weight excluding hydrogens is 262 g/mol. The third kappa shape index (κ3) is 4.70. The summed E-state index contributed by atoms with van der Waals surface area (Å²) in [7, 11) is 1.93. The lowest BCUT2D eigenvalue weighted by Crippen LogP contribution is -2.47. The van der Waals surface area contributed by atoms with Gasteiger partial charge in [0.25, 0.3) is 0 Å². The molecule has 2 rings (SSSR count). The predicted molar refractivity (Wildman–Crippen MR) is 88.9 cm³/mol. The fourth-order valence-electron chi connectivity index (χ4n) is 2.84. The van der Waals surface area contributed by atoms with E-state index in [-0.39, 0.29) is 12.1 Å². The van der Waals surface area contributed by atoms with Crippen molar-refractivity contribution in [3.63, 3.8) is 0 Å².